The van der Waals surface area contributed by atoms with Crippen molar-refractivity contribution in [3.8, 4) is 22.8 Å². The molecule has 2 N–H and O–H groups in total. The number of carbonyl (C=O) groups excluding carboxylic acids is 1. The molecule has 0 saturated heterocycles. The van der Waals surface area contributed by atoms with Crippen molar-refractivity contribution in [2.75, 3.05) is 18.8 Å². The van der Waals surface area contributed by atoms with Gasteiger partial charge in [-0.15, -0.1) is 0 Å². The zero-order valence-corrected chi connectivity index (χ0v) is 17.8. The normalized spacial score (nSPS) is 15.5. The van der Waals surface area contributed by atoms with Gasteiger partial charge >= 0.3 is 0 Å². The smallest absolute Gasteiger partial charge is 0.246 e. The van der Waals surface area contributed by atoms with Crippen LogP contribution >= 0.6 is 0 Å². The summed E-state index contributed by atoms with van der Waals surface area (Å²) in [6, 6.07) is 17.0. The molecule has 1 atom stereocenters. The number of carbonyl (C=O) groups is 1. The minimum absolute atomic E-state index is 0.121. The molecule has 0 saturated carbocycles. The van der Waals surface area contributed by atoms with E-state index in [1.165, 1.54) is 12.4 Å². The van der Waals surface area contributed by atoms with Crippen molar-refractivity contribution in [2.45, 2.75) is 6.04 Å². The fourth-order valence-corrected chi connectivity index (χ4v) is 3.91. The van der Waals surface area contributed by atoms with Crippen molar-refractivity contribution < 1.29 is 9.53 Å². The van der Waals surface area contributed by atoms with Crippen LogP contribution in [0.4, 0.5) is 5.82 Å². The molecule has 0 bridgehead atoms. The molecule has 1 aliphatic rings. The van der Waals surface area contributed by atoms with Crippen molar-refractivity contribution in [2.24, 2.45) is 0 Å². The number of para-hydroxylation sites is 1. The number of benzene rings is 2. The van der Waals surface area contributed by atoms with E-state index in [2.05, 4.69) is 16.5 Å². The quantitative estimate of drug-likeness (QED) is 0.374. The van der Waals surface area contributed by atoms with Crippen LogP contribution in [0, 0.1) is 0 Å². The molecule has 1 aliphatic heterocycles. The first-order valence-electron chi connectivity index (χ1n) is 10.5. The Bertz CT molecular complexity index is 1340. The lowest BCUT2D eigenvalue weighted by atomic mass is 10.1. The minimum Gasteiger partial charge on any atom is -0.457 e. The van der Waals surface area contributed by atoms with Crippen LogP contribution in [0.2, 0.25) is 0 Å². The van der Waals surface area contributed by atoms with Crippen molar-refractivity contribution >= 4 is 22.8 Å². The molecule has 4 aromatic rings. The summed E-state index contributed by atoms with van der Waals surface area (Å²) in [5, 5.41) is 5.53. The Kier molecular flexibility index (Phi) is 5.32. The standard InChI is InChI=1S/C25H22N6O2/c1-2-21(32)30-14-6-7-18(15-30)31-25-22(24(26)27-16-28-25)23(29-31)17-10-12-20(13-11-17)33-19-8-4-3-5-9-19/h2-13,16,18H,1,14-15H2,(H2,26,27,28)/t18-/m1/s1. The van der Waals surface area contributed by atoms with E-state index in [1.54, 1.807) is 9.58 Å². The van der Waals surface area contributed by atoms with Gasteiger partial charge in [0.2, 0.25) is 5.91 Å². The predicted octanol–water partition coefficient (Wildman–Crippen LogP) is 3.99. The molecule has 3 heterocycles. The summed E-state index contributed by atoms with van der Waals surface area (Å²) in [6.45, 7) is 4.59. The number of nitrogens with zero attached hydrogens (tertiary/aromatic N) is 5. The van der Waals surface area contributed by atoms with E-state index in [1.807, 2.05) is 66.7 Å². The number of rotatable bonds is 5. The van der Waals surface area contributed by atoms with Crippen molar-refractivity contribution in [1.82, 2.24) is 24.6 Å². The summed E-state index contributed by atoms with van der Waals surface area (Å²) in [4.78, 5) is 22.5. The van der Waals surface area contributed by atoms with Gasteiger partial charge in [0.1, 0.15) is 29.3 Å². The zero-order valence-electron chi connectivity index (χ0n) is 17.8. The second-order valence-corrected chi connectivity index (χ2v) is 7.63. The molecule has 0 radical (unpaired) electrons. The molecule has 0 aliphatic carbocycles. The Labute approximate surface area is 190 Å². The Morgan fingerprint density at radius 2 is 1.85 bits per heavy atom. The van der Waals surface area contributed by atoms with Gasteiger partial charge in [-0.1, -0.05) is 36.9 Å². The number of hydrogen-bond donors (Lipinski definition) is 1. The van der Waals surface area contributed by atoms with Crippen LogP contribution in [0.15, 0.2) is 85.7 Å². The van der Waals surface area contributed by atoms with Gasteiger partial charge in [-0.05, 0) is 42.5 Å². The van der Waals surface area contributed by atoms with E-state index in [9.17, 15) is 4.79 Å². The Balaban J connectivity index is 1.52. The fraction of sp³-hybridized carbons (Fsp3) is 0.120. The second-order valence-electron chi connectivity index (χ2n) is 7.63. The molecule has 2 aromatic heterocycles. The monoisotopic (exact) mass is 438 g/mol. The molecule has 2 aromatic carbocycles. The maximum atomic E-state index is 12.1. The van der Waals surface area contributed by atoms with Crippen LogP contribution in [0.5, 0.6) is 11.5 Å². The Morgan fingerprint density at radius 3 is 2.61 bits per heavy atom. The summed E-state index contributed by atoms with van der Waals surface area (Å²) in [7, 11) is 0. The van der Waals surface area contributed by atoms with Gasteiger partial charge in [0, 0.05) is 18.7 Å². The molecule has 164 valence electrons. The highest BCUT2D eigenvalue weighted by Gasteiger charge is 2.25. The summed E-state index contributed by atoms with van der Waals surface area (Å²) >= 11 is 0. The first-order valence-corrected chi connectivity index (χ1v) is 10.5. The van der Waals surface area contributed by atoms with Gasteiger partial charge in [0.05, 0.1) is 11.4 Å². The van der Waals surface area contributed by atoms with Gasteiger partial charge in [-0.25, -0.2) is 14.6 Å². The summed E-state index contributed by atoms with van der Waals surface area (Å²) in [5.41, 5.74) is 8.39. The largest absolute Gasteiger partial charge is 0.457 e. The lowest BCUT2D eigenvalue weighted by molar-refractivity contribution is -0.126. The third-order valence-corrected chi connectivity index (χ3v) is 5.52. The van der Waals surface area contributed by atoms with E-state index < -0.39 is 0 Å². The maximum Gasteiger partial charge on any atom is 0.246 e. The van der Waals surface area contributed by atoms with Gasteiger partial charge < -0.3 is 15.4 Å². The molecule has 0 spiro atoms. The number of anilines is 1. The lowest BCUT2D eigenvalue weighted by Crippen LogP contribution is -2.37. The number of nitrogens with two attached hydrogens (primary N) is 1. The van der Waals surface area contributed by atoms with Crippen LogP contribution in [0.3, 0.4) is 0 Å². The van der Waals surface area contributed by atoms with Crippen molar-refractivity contribution in [1.29, 1.82) is 0 Å². The summed E-state index contributed by atoms with van der Waals surface area (Å²) in [6.07, 6.45) is 6.72. The number of amides is 1. The van der Waals surface area contributed by atoms with Crippen LogP contribution < -0.4 is 10.5 Å². The highest BCUT2D eigenvalue weighted by atomic mass is 16.5. The van der Waals surface area contributed by atoms with Gasteiger partial charge in [0.15, 0.2) is 5.65 Å². The van der Waals surface area contributed by atoms with E-state index in [-0.39, 0.29) is 11.9 Å². The SMILES string of the molecule is C=CC(=O)N1CC=C[C@@H](n2nc(-c3ccc(Oc4ccccc4)cc3)c3c(N)ncnc32)C1. The number of ether oxygens (including phenoxy) is 1. The average molecular weight is 438 g/mol. The third kappa shape index (κ3) is 3.94. The molecule has 0 unspecified atom stereocenters. The van der Waals surface area contributed by atoms with Crippen LogP contribution in [-0.4, -0.2) is 43.6 Å². The second kappa shape index (κ2) is 8.58. The van der Waals surface area contributed by atoms with Crippen molar-refractivity contribution in [3.05, 3.63) is 85.7 Å². The van der Waals surface area contributed by atoms with E-state index in [0.717, 1.165) is 11.3 Å². The minimum atomic E-state index is -0.186. The average Bonchev–Trinajstić information content (AvgIpc) is 3.26. The van der Waals surface area contributed by atoms with E-state index in [4.69, 9.17) is 15.6 Å². The molecule has 8 heteroatoms. The highest BCUT2D eigenvalue weighted by Crippen LogP contribution is 2.34. The molecule has 5 rings (SSSR count). The number of nitrogen functional groups attached to an aromatic ring is 1. The van der Waals surface area contributed by atoms with Gasteiger partial charge in [-0.2, -0.15) is 5.10 Å². The first-order chi connectivity index (χ1) is 16.1. The van der Waals surface area contributed by atoms with Crippen molar-refractivity contribution in [3.63, 3.8) is 0 Å². The number of hydrogen-bond acceptors (Lipinski definition) is 6. The lowest BCUT2D eigenvalue weighted by Gasteiger charge is -2.28. The van der Waals surface area contributed by atoms with E-state index >= 15 is 0 Å². The molecule has 33 heavy (non-hydrogen) atoms. The first kappa shape index (κ1) is 20.4. The van der Waals surface area contributed by atoms with E-state index in [0.29, 0.717) is 41.4 Å². The molecule has 0 fully saturated rings. The highest BCUT2D eigenvalue weighted by molar-refractivity contribution is 5.98. The zero-order chi connectivity index (χ0) is 22.8. The van der Waals surface area contributed by atoms with Gasteiger partial charge in [0.25, 0.3) is 0 Å². The summed E-state index contributed by atoms with van der Waals surface area (Å²) < 4.78 is 7.70. The molecule has 8 nitrogen and oxygen atoms in total. The maximum absolute atomic E-state index is 12.1. The fourth-order valence-electron chi connectivity index (χ4n) is 3.91. The van der Waals surface area contributed by atoms with Crippen LogP contribution in [0.25, 0.3) is 22.3 Å². The molecule has 1 amide bonds. The molecular weight excluding hydrogens is 416 g/mol. The Morgan fingerprint density at radius 1 is 1.09 bits per heavy atom. The topological polar surface area (TPSA) is 99.2 Å². The predicted molar refractivity (Wildman–Crippen MR) is 127 cm³/mol. The third-order valence-electron chi connectivity index (χ3n) is 5.52. The molecular formula is C25H22N6O2. The van der Waals surface area contributed by atoms with Crippen LogP contribution in [-0.2, 0) is 4.79 Å². The van der Waals surface area contributed by atoms with Crippen LogP contribution in [0.1, 0.15) is 6.04 Å². The van der Waals surface area contributed by atoms with Gasteiger partial charge in [-0.3, -0.25) is 4.79 Å². The number of aromatic nitrogens is 4. The summed E-state index contributed by atoms with van der Waals surface area (Å²) in [5.74, 6) is 1.71. The number of fused-ring (bicyclic) bond motifs is 1. The Hall–Kier alpha value is -4.46.